The van der Waals surface area contributed by atoms with E-state index in [4.69, 9.17) is 19.6 Å². The highest BCUT2D eigenvalue weighted by Gasteiger charge is 2.54. The van der Waals surface area contributed by atoms with Crippen LogP contribution in [0.2, 0.25) is 0 Å². The zero-order valence-electron chi connectivity index (χ0n) is 16.2. The van der Waals surface area contributed by atoms with Crippen molar-refractivity contribution < 1.29 is 62.8 Å². The number of carboxylic acid groups (broad SMARTS) is 1. The highest BCUT2D eigenvalue weighted by molar-refractivity contribution is 7.54. The molecule has 0 fully saturated rings. The van der Waals surface area contributed by atoms with Gasteiger partial charge in [-0.3, -0.25) is 18.4 Å². The van der Waals surface area contributed by atoms with Crippen molar-refractivity contribution in [3.8, 4) is 0 Å². The van der Waals surface area contributed by atoms with E-state index in [2.05, 4.69) is 4.52 Å². The molecule has 4 unspecified atom stereocenters. The largest absolute Gasteiger partial charge is 0.481 e. The van der Waals surface area contributed by atoms with E-state index in [1.165, 1.54) is 13.8 Å². The van der Waals surface area contributed by atoms with Crippen LogP contribution in [0.3, 0.4) is 0 Å². The van der Waals surface area contributed by atoms with Crippen LogP contribution >= 0.6 is 23.8 Å². The zero-order valence-corrected chi connectivity index (χ0v) is 18.8. The third kappa shape index (κ3) is 8.22. The van der Waals surface area contributed by atoms with Crippen LogP contribution in [-0.4, -0.2) is 68.9 Å². The van der Waals surface area contributed by atoms with Gasteiger partial charge in [0.15, 0.2) is 5.34 Å². The lowest BCUT2D eigenvalue weighted by atomic mass is 9.87. The van der Waals surface area contributed by atoms with Crippen LogP contribution in [-0.2, 0) is 23.2 Å². The van der Waals surface area contributed by atoms with Gasteiger partial charge in [0.25, 0.3) is 0 Å². The van der Waals surface area contributed by atoms with Gasteiger partial charge in [0.1, 0.15) is 6.79 Å². The predicted octanol–water partition coefficient (Wildman–Crippen LogP) is 0.661. The van der Waals surface area contributed by atoms with Crippen LogP contribution in [0.1, 0.15) is 46.5 Å². The molecule has 4 atom stereocenters. The van der Waals surface area contributed by atoms with E-state index in [-0.39, 0.29) is 6.42 Å². The summed E-state index contributed by atoms with van der Waals surface area (Å²) in [6, 6.07) is 0. The lowest BCUT2D eigenvalue weighted by Gasteiger charge is -2.38. The molecule has 0 radical (unpaired) electrons. The quantitative estimate of drug-likeness (QED) is 0.125. The van der Waals surface area contributed by atoms with E-state index in [1.807, 2.05) is 0 Å². The summed E-state index contributed by atoms with van der Waals surface area (Å²) in [5.74, 6) is -3.34. The summed E-state index contributed by atoms with van der Waals surface area (Å²) >= 11 is 0. The van der Waals surface area contributed by atoms with Crippen molar-refractivity contribution >= 4 is 29.8 Å². The van der Waals surface area contributed by atoms with E-state index in [1.54, 1.807) is 0 Å². The number of rotatable bonds is 14. The van der Waals surface area contributed by atoms with Gasteiger partial charge in [0.2, 0.25) is 0 Å². The van der Waals surface area contributed by atoms with Gasteiger partial charge in [-0.1, -0.05) is 6.92 Å². The molecule has 8 N–H and O–H groups in total. The van der Waals surface area contributed by atoms with Crippen molar-refractivity contribution in [2.24, 2.45) is 5.92 Å². The molecule has 0 bridgehead atoms. The first-order valence-corrected chi connectivity index (χ1v) is 12.8. The minimum absolute atomic E-state index is 0.371. The van der Waals surface area contributed by atoms with Gasteiger partial charge in [-0.05, 0) is 33.1 Å². The molecule has 0 aromatic rings. The van der Waals surface area contributed by atoms with Crippen molar-refractivity contribution in [2.75, 3.05) is 6.79 Å². The van der Waals surface area contributed by atoms with E-state index >= 15 is 0 Å². The lowest BCUT2D eigenvalue weighted by Crippen LogP contribution is -2.40. The Labute approximate surface area is 169 Å². The summed E-state index contributed by atoms with van der Waals surface area (Å²) in [4.78, 5) is 68.9. The first-order valence-electron chi connectivity index (χ1n) is 8.38. The Balaban J connectivity index is 6.07. The Morgan fingerprint density at radius 1 is 1.07 bits per heavy atom. The number of carbonyl (C=O) groups is 1. The summed E-state index contributed by atoms with van der Waals surface area (Å²) < 4.78 is 33.6. The summed E-state index contributed by atoms with van der Waals surface area (Å²) in [5, 5.41) is 13.8. The number of hydrogen-bond donors (Lipinski definition) is 8. The summed E-state index contributed by atoms with van der Waals surface area (Å²) in [5.41, 5.74) is 0. The number of aliphatic hydroxyl groups excluding tert-OH is 1. The van der Waals surface area contributed by atoms with E-state index in [0.29, 0.717) is 0 Å². The van der Waals surface area contributed by atoms with Gasteiger partial charge < -0.3 is 44.3 Å². The van der Waals surface area contributed by atoms with Crippen molar-refractivity contribution in [1.82, 2.24) is 0 Å². The molecule has 0 heterocycles. The van der Waals surface area contributed by atoms with Gasteiger partial charge in [-0.15, -0.1) is 0 Å². The SMILES string of the molecule is CCC(CC(CC(C)(CC(C)OCO)P(=O)(O)O)C(=O)O)(OP(O)O)P(=O)(O)O. The summed E-state index contributed by atoms with van der Waals surface area (Å²) in [6.45, 7) is 3.00. The Hall–Kier alpha value is -0.000000000000000153. The Kier molecular flexibility index (Phi) is 11.0. The van der Waals surface area contributed by atoms with Crippen LogP contribution in [0.15, 0.2) is 0 Å². The molecule has 29 heavy (non-hydrogen) atoms. The maximum atomic E-state index is 12.1. The molecule has 0 aromatic heterocycles. The second-order valence-corrected chi connectivity index (χ2v) is 11.7. The van der Waals surface area contributed by atoms with Gasteiger partial charge in [0, 0.05) is 6.42 Å². The lowest BCUT2D eigenvalue weighted by molar-refractivity contribution is -0.144. The topological polar surface area (TPSA) is 232 Å². The van der Waals surface area contributed by atoms with E-state index < -0.39 is 78.3 Å². The van der Waals surface area contributed by atoms with Crippen molar-refractivity contribution in [2.45, 2.75) is 63.1 Å². The van der Waals surface area contributed by atoms with Crippen LogP contribution in [0.5, 0.6) is 0 Å². The standard InChI is InChI=1S/C13H29O13P3/c1-4-13(26-27(17)18,29(22,23)24)7-10(11(15)16)6-12(3,28(19,20)21)5-9(2)25-8-14/h9-10,14,17-18H,4-8H2,1-3H3,(H,15,16)(H2,19,20,21)(H2,22,23,24). The maximum absolute atomic E-state index is 12.1. The van der Waals surface area contributed by atoms with Crippen molar-refractivity contribution in [1.29, 1.82) is 0 Å². The predicted molar refractivity (Wildman–Crippen MR) is 101 cm³/mol. The number of carboxylic acids is 1. The van der Waals surface area contributed by atoms with Crippen molar-refractivity contribution in [3.63, 3.8) is 0 Å². The van der Waals surface area contributed by atoms with Crippen LogP contribution in [0, 0.1) is 5.92 Å². The molecular weight excluding hydrogens is 457 g/mol. The van der Waals surface area contributed by atoms with Gasteiger partial charge in [0.05, 0.1) is 17.2 Å². The zero-order chi connectivity index (χ0) is 23.3. The van der Waals surface area contributed by atoms with Crippen LogP contribution in [0.4, 0.5) is 0 Å². The molecule has 0 saturated heterocycles. The van der Waals surface area contributed by atoms with Gasteiger partial charge >= 0.3 is 29.8 Å². The molecule has 0 rings (SSSR count). The highest BCUT2D eigenvalue weighted by Crippen LogP contribution is 2.62. The minimum atomic E-state index is -5.24. The molecular formula is C13H29O13P3. The summed E-state index contributed by atoms with van der Waals surface area (Å²) in [7, 11) is -13.5. The number of hydrogen-bond acceptors (Lipinski definition) is 8. The third-order valence-electron chi connectivity index (χ3n) is 4.73. The molecule has 13 nitrogen and oxygen atoms in total. The van der Waals surface area contributed by atoms with E-state index in [9.17, 15) is 38.6 Å². The second-order valence-electron chi connectivity index (χ2n) is 6.98. The second kappa shape index (κ2) is 11.0. The number of ether oxygens (including phenoxy) is 1. The van der Waals surface area contributed by atoms with Crippen molar-refractivity contribution in [3.05, 3.63) is 0 Å². The molecule has 0 amide bonds. The summed E-state index contributed by atoms with van der Waals surface area (Å²) in [6.07, 6.45) is -3.41. The average molecular weight is 486 g/mol. The van der Waals surface area contributed by atoms with Gasteiger partial charge in [-0.2, -0.15) is 0 Å². The third-order valence-corrected chi connectivity index (χ3v) is 8.81. The fourth-order valence-electron chi connectivity index (χ4n) is 3.07. The molecule has 0 aliphatic heterocycles. The number of aliphatic carboxylic acids is 1. The fourth-order valence-corrected chi connectivity index (χ4v) is 6.04. The molecule has 0 aliphatic rings. The highest BCUT2D eigenvalue weighted by atomic mass is 31.2. The van der Waals surface area contributed by atoms with E-state index in [0.717, 1.165) is 6.92 Å². The molecule has 174 valence electrons. The first-order chi connectivity index (χ1) is 12.9. The molecule has 0 aliphatic carbocycles. The maximum Gasteiger partial charge on any atom is 0.357 e. The Morgan fingerprint density at radius 2 is 1.59 bits per heavy atom. The number of aliphatic hydroxyl groups is 1. The Bertz CT molecular complexity index is 631. The fraction of sp³-hybridized carbons (Fsp3) is 0.923. The molecule has 0 aromatic carbocycles. The van der Waals surface area contributed by atoms with Gasteiger partial charge in [-0.25, -0.2) is 0 Å². The molecule has 0 saturated carbocycles. The average Bonchev–Trinajstić information content (AvgIpc) is 2.50. The molecule has 0 spiro atoms. The molecule has 16 heteroatoms. The monoisotopic (exact) mass is 486 g/mol. The normalized spacial score (nSPS) is 19.4. The Morgan fingerprint density at radius 3 is 1.90 bits per heavy atom. The first kappa shape index (κ1) is 29.0. The van der Waals surface area contributed by atoms with Crippen LogP contribution < -0.4 is 0 Å². The minimum Gasteiger partial charge on any atom is -0.481 e. The van der Waals surface area contributed by atoms with Crippen LogP contribution in [0.25, 0.3) is 0 Å². The smallest absolute Gasteiger partial charge is 0.357 e.